The summed E-state index contributed by atoms with van der Waals surface area (Å²) >= 11 is 0. The van der Waals surface area contributed by atoms with Gasteiger partial charge < -0.3 is 10.1 Å². The fraction of sp³-hybridized carbons (Fsp3) is 0.778. The number of nitrogens with zero attached hydrogens (tertiary/aromatic N) is 1. The van der Waals surface area contributed by atoms with Crippen molar-refractivity contribution in [3.63, 3.8) is 0 Å². The van der Waals surface area contributed by atoms with Gasteiger partial charge in [-0.3, -0.25) is 4.84 Å². The molecule has 0 radical (unpaired) electrons. The Morgan fingerprint density at radius 3 is 2.36 bits per heavy atom. The van der Waals surface area contributed by atoms with Crippen LogP contribution in [-0.4, -0.2) is 26.1 Å². The van der Waals surface area contributed by atoms with Gasteiger partial charge in [0.05, 0.1) is 7.11 Å². The molecule has 14 heavy (non-hydrogen) atoms. The largest absolute Gasteiger partial charge is 0.482 e. The van der Waals surface area contributed by atoms with Gasteiger partial charge in [0.25, 0.3) is 0 Å². The summed E-state index contributed by atoms with van der Waals surface area (Å²) in [7, 11) is 2.96. The van der Waals surface area contributed by atoms with Crippen molar-refractivity contribution < 1.29 is 14.4 Å². The molecule has 5 heteroatoms. The Morgan fingerprint density at radius 2 is 2.00 bits per heavy atom. The SMILES string of the molecule is CNC(=O)ON=C(CC(C)(C)C)OC. The summed E-state index contributed by atoms with van der Waals surface area (Å²) in [4.78, 5) is 15.2. The normalized spacial score (nSPS) is 12.2. The van der Waals surface area contributed by atoms with E-state index >= 15 is 0 Å². The molecule has 0 saturated carbocycles. The number of oxime groups is 1. The third-order valence-corrected chi connectivity index (χ3v) is 1.35. The van der Waals surface area contributed by atoms with E-state index in [9.17, 15) is 4.79 Å². The maximum atomic E-state index is 10.7. The van der Waals surface area contributed by atoms with Crippen LogP contribution >= 0.6 is 0 Å². The van der Waals surface area contributed by atoms with Gasteiger partial charge in [-0.15, -0.1) is 0 Å². The van der Waals surface area contributed by atoms with E-state index in [-0.39, 0.29) is 5.41 Å². The fourth-order valence-corrected chi connectivity index (χ4v) is 0.733. The van der Waals surface area contributed by atoms with Crippen LogP contribution in [0.15, 0.2) is 5.16 Å². The van der Waals surface area contributed by atoms with Crippen molar-refractivity contribution in [2.75, 3.05) is 14.2 Å². The number of carbonyl (C=O) groups excluding carboxylic acids is 1. The second-order valence-electron chi connectivity index (χ2n) is 4.06. The highest BCUT2D eigenvalue weighted by Gasteiger charge is 2.15. The van der Waals surface area contributed by atoms with Crippen LogP contribution in [0.1, 0.15) is 27.2 Å². The molecule has 1 N–H and O–H groups in total. The maximum absolute atomic E-state index is 10.7. The summed E-state index contributed by atoms with van der Waals surface area (Å²) in [5.74, 6) is 0.404. The van der Waals surface area contributed by atoms with E-state index < -0.39 is 6.09 Å². The number of hydrogen-bond donors (Lipinski definition) is 1. The van der Waals surface area contributed by atoms with Gasteiger partial charge >= 0.3 is 6.09 Å². The Balaban J connectivity index is 4.19. The first kappa shape index (κ1) is 12.7. The van der Waals surface area contributed by atoms with Gasteiger partial charge in [0.1, 0.15) is 0 Å². The highest BCUT2D eigenvalue weighted by atomic mass is 16.7. The number of nitrogens with one attached hydrogen (secondary N) is 1. The highest BCUT2D eigenvalue weighted by molar-refractivity contribution is 5.77. The van der Waals surface area contributed by atoms with Gasteiger partial charge in [-0.25, -0.2) is 4.79 Å². The quantitative estimate of drug-likeness (QED) is 0.321. The van der Waals surface area contributed by atoms with Crippen LogP contribution < -0.4 is 5.32 Å². The third kappa shape index (κ3) is 6.28. The molecule has 0 rings (SSSR count). The lowest BCUT2D eigenvalue weighted by atomic mass is 9.92. The van der Waals surface area contributed by atoms with Crippen LogP contribution in [0.4, 0.5) is 4.79 Å². The number of ether oxygens (including phenoxy) is 1. The molecule has 0 heterocycles. The molecule has 82 valence electrons. The maximum Gasteiger partial charge on any atom is 0.433 e. The molecule has 0 aliphatic rings. The summed E-state index contributed by atoms with van der Waals surface area (Å²) in [6.45, 7) is 6.13. The minimum atomic E-state index is -0.603. The number of hydrogen-bond acceptors (Lipinski definition) is 4. The van der Waals surface area contributed by atoms with E-state index in [2.05, 4.69) is 15.3 Å². The molecular formula is C9H18N2O3. The smallest absolute Gasteiger partial charge is 0.433 e. The average Bonchev–Trinajstić information content (AvgIpc) is 2.09. The highest BCUT2D eigenvalue weighted by Crippen LogP contribution is 2.19. The second kappa shape index (κ2) is 5.47. The van der Waals surface area contributed by atoms with Crippen LogP contribution in [0, 0.1) is 5.41 Å². The van der Waals surface area contributed by atoms with Gasteiger partial charge in [-0.1, -0.05) is 20.8 Å². The van der Waals surface area contributed by atoms with Gasteiger partial charge in [0.15, 0.2) is 0 Å². The predicted octanol–water partition coefficient (Wildman–Crippen LogP) is 1.74. The third-order valence-electron chi connectivity index (χ3n) is 1.35. The second-order valence-corrected chi connectivity index (χ2v) is 4.06. The molecule has 0 fully saturated rings. The van der Waals surface area contributed by atoms with Crippen LogP contribution in [0.5, 0.6) is 0 Å². The minimum Gasteiger partial charge on any atom is -0.482 e. The lowest BCUT2D eigenvalue weighted by Crippen LogP contribution is -2.19. The molecular weight excluding hydrogens is 184 g/mol. The zero-order valence-electron chi connectivity index (χ0n) is 9.38. The number of rotatable bonds is 2. The van der Waals surface area contributed by atoms with E-state index in [4.69, 9.17) is 4.74 Å². The first-order valence-corrected chi connectivity index (χ1v) is 4.38. The minimum absolute atomic E-state index is 0.0426. The van der Waals surface area contributed by atoms with Gasteiger partial charge in [-0.2, -0.15) is 0 Å². The fourth-order valence-electron chi connectivity index (χ4n) is 0.733. The molecule has 0 unspecified atom stereocenters. The van der Waals surface area contributed by atoms with Gasteiger partial charge in [0, 0.05) is 13.5 Å². The number of methoxy groups -OCH3 is 1. The topological polar surface area (TPSA) is 59.9 Å². The standard InChI is InChI=1S/C9H18N2O3/c1-9(2,3)6-7(13-5)11-14-8(12)10-4/h6H2,1-5H3,(H,10,12). The lowest BCUT2D eigenvalue weighted by Gasteiger charge is -2.17. The zero-order chi connectivity index (χ0) is 11.2. The van der Waals surface area contributed by atoms with Crippen molar-refractivity contribution in [1.29, 1.82) is 0 Å². The van der Waals surface area contributed by atoms with E-state index in [1.165, 1.54) is 14.2 Å². The van der Waals surface area contributed by atoms with E-state index in [1.54, 1.807) is 0 Å². The Hall–Kier alpha value is -1.26. The predicted molar refractivity (Wildman–Crippen MR) is 54.1 cm³/mol. The van der Waals surface area contributed by atoms with Crippen LogP contribution in [0.2, 0.25) is 0 Å². The summed E-state index contributed by atoms with van der Waals surface area (Å²) in [5, 5.41) is 5.86. The Labute approximate surface area is 84.4 Å². The summed E-state index contributed by atoms with van der Waals surface area (Å²) in [6.07, 6.45) is 0.00832. The molecule has 0 aromatic heterocycles. The zero-order valence-corrected chi connectivity index (χ0v) is 9.38. The van der Waals surface area contributed by atoms with Crippen LogP contribution in [0.3, 0.4) is 0 Å². The molecule has 0 saturated heterocycles. The van der Waals surface area contributed by atoms with Gasteiger partial charge in [-0.05, 0) is 10.6 Å². The van der Waals surface area contributed by atoms with Crippen LogP contribution in [-0.2, 0) is 9.57 Å². The Bertz CT molecular complexity index is 219. The van der Waals surface area contributed by atoms with E-state index in [1.807, 2.05) is 20.8 Å². The van der Waals surface area contributed by atoms with E-state index in [0.717, 1.165) is 0 Å². The lowest BCUT2D eigenvalue weighted by molar-refractivity contribution is 0.147. The Kier molecular flexibility index (Phi) is 4.97. The molecule has 1 amide bonds. The monoisotopic (exact) mass is 202 g/mol. The van der Waals surface area contributed by atoms with Crippen molar-refractivity contribution in [2.45, 2.75) is 27.2 Å². The molecule has 0 aromatic rings. The number of amides is 1. The summed E-state index contributed by atoms with van der Waals surface area (Å²) in [6, 6.07) is 0. The van der Waals surface area contributed by atoms with Crippen molar-refractivity contribution in [3.05, 3.63) is 0 Å². The molecule has 0 aromatic carbocycles. The van der Waals surface area contributed by atoms with Crippen LogP contribution in [0.25, 0.3) is 0 Å². The molecule has 0 aliphatic heterocycles. The van der Waals surface area contributed by atoms with Crippen molar-refractivity contribution in [3.8, 4) is 0 Å². The van der Waals surface area contributed by atoms with E-state index in [0.29, 0.717) is 12.3 Å². The number of carbonyl (C=O) groups is 1. The van der Waals surface area contributed by atoms with Crippen molar-refractivity contribution in [1.82, 2.24) is 5.32 Å². The van der Waals surface area contributed by atoms with Crippen molar-refractivity contribution in [2.24, 2.45) is 10.6 Å². The average molecular weight is 202 g/mol. The van der Waals surface area contributed by atoms with Crippen molar-refractivity contribution >= 4 is 12.0 Å². The Morgan fingerprint density at radius 1 is 1.43 bits per heavy atom. The molecule has 0 aliphatic carbocycles. The molecule has 5 nitrogen and oxygen atoms in total. The summed E-state index contributed by atoms with van der Waals surface area (Å²) < 4.78 is 4.97. The molecule has 0 bridgehead atoms. The van der Waals surface area contributed by atoms with Gasteiger partial charge in [0.2, 0.25) is 5.90 Å². The first-order chi connectivity index (χ1) is 6.39. The first-order valence-electron chi connectivity index (χ1n) is 4.38. The molecule has 0 atom stereocenters. The summed E-state index contributed by atoms with van der Waals surface area (Å²) in [5.41, 5.74) is 0.0426. The molecule has 0 spiro atoms.